The Balaban J connectivity index is 1.68. The maximum absolute atomic E-state index is 15.9. The molecule has 0 aliphatic heterocycles. The van der Waals surface area contributed by atoms with Gasteiger partial charge in [-0.2, -0.15) is 34.0 Å². The number of fused-ring (bicyclic) bond motifs is 1. The van der Waals surface area contributed by atoms with E-state index in [9.17, 15) is 57.5 Å². The first kappa shape index (κ1) is 63.5. The van der Waals surface area contributed by atoms with Gasteiger partial charge in [-0.3, -0.25) is 38.4 Å². The first-order valence-electron chi connectivity index (χ1n) is 24.4. The zero-order valence-corrected chi connectivity index (χ0v) is 44.3. The van der Waals surface area contributed by atoms with Crippen LogP contribution in [0.25, 0.3) is 10.9 Å². The number of phenolic OH excluding ortho intramolecular Hbond substituents is 1. The highest BCUT2D eigenvalue weighted by Gasteiger charge is 2.68. The summed E-state index contributed by atoms with van der Waals surface area (Å²) in [4.78, 5) is 112. The second-order valence-corrected chi connectivity index (χ2v) is 19.2. The van der Waals surface area contributed by atoms with Crippen LogP contribution in [0.3, 0.4) is 0 Å². The van der Waals surface area contributed by atoms with Gasteiger partial charge in [-0.05, 0) is 68.0 Å². The number of nitrogens with one attached hydrogen (secondary N) is 8. The predicted octanol–water partition coefficient (Wildman–Crippen LogP) is 1.09. The molecule has 78 heavy (non-hydrogen) atoms. The topological polar surface area (TPSA) is 332 Å². The summed E-state index contributed by atoms with van der Waals surface area (Å²) in [5.41, 5.74) is 11.1. The Labute approximate surface area is 456 Å². The third kappa shape index (κ3) is 16.5. The summed E-state index contributed by atoms with van der Waals surface area (Å²) in [6.45, 7) is 4.54. The van der Waals surface area contributed by atoms with Crippen molar-refractivity contribution in [2.24, 2.45) is 17.4 Å². The third-order valence-corrected chi connectivity index (χ3v) is 13.1. The van der Waals surface area contributed by atoms with Gasteiger partial charge in [-0.1, -0.05) is 83.5 Å². The van der Waals surface area contributed by atoms with Crippen molar-refractivity contribution in [3.05, 3.63) is 102 Å². The lowest BCUT2D eigenvalue weighted by molar-refractivity contribution is -0.334. The zero-order valence-electron chi connectivity index (χ0n) is 42.5. The zero-order chi connectivity index (χ0) is 58.1. The number of thiol groups is 2. The number of aromatic hydroxyl groups is 1. The van der Waals surface area contributed by atoms with Gasteiger partial charge in [0.2, 0.25) is 41.4 Å². The van der Waals surface area contributed by atoms with E-state index >= 15 is 13.2 Å². The summed E-state index contributed by atoms with van der Waals surface area (Å²) in [5.74, 6) is -22.4. The predicted molar refractivity (Wildman–Crippen MR) is 282 cm³/mol. The monoisotopic (exact) mass is 1140 g/mol. The minimum Gasteiger partial charge on any atom is -0.508 e. The molecular weight excluding hydrogens is 1070 g/mol. The fraction of sp³-hybridized carbons (Fsp3) is 0.440. The SMILES string of the molecule is CC(C)[C@H](NC(=O)[C@H](CCCCN)NC(=O)[C@@H](Cc1c[nH]c2ccccc12)NC(=O)[C@H](Cc1ccc(O)cc1)NC(=O)[C@H](CS)NC(=O)[C@](F)(N(F)F)C(F)(F)c1ccccc1)C(=O)N[C@@H](CS)C(=O)N[C@H](C(N)=O)[C@@H](C)O. The second-order valence-electron chi connectivity index (χ2n) is 18.5. The number of amides is 8. The molecule has 28 heteroatoms. The van der Waals surface area contributed by atoms with Gasteiger partial charge in [0.25, 0.3) is 5.91 Å². The molecule has 9 atom stereocenters. The lowest BCUT2D eigenvalue weighted by Gasteiger charge is -2.33. The fourth-order valence-electron chi connectivity index (χ4n) is 7.93. The minimum atomic E-state index is -5.38. The van der Waals surface area contributed by atoms with Crippen LogP contribution in [0.1, 0.15) is 56.7 Å². The molecule has 0 aliphatic rings. The van der Waals surface area contributed by atoms with E-state index < -0.39 is 136 Å². The molecule has 0 bridgehead atoms. The van der Waals surface area contributed by atoms with Crippen molar-refractivity contribution < 1.29 is 70.7 Å². The first-order chi connectivity index (χ1) is 36.8. The standard InChI is InChI=1S/C50H64F5N11O10S2/c1-26(2)39(47(75)62-37(24-77)46(74)65-40(27(3)67)41(57)69)64-42(70)34(15-9-10-20-56)59-44(72)36(22-29-23-58-33-14-8-7-13-32(29)33)61-43(71)35(21-28-16-18-31(68)19-17-28)60-45(73)38(25-78)63-48(76)50(53,66(54)55)49(51,52)30-11-5-4-6-12-30/h4-8,11-14,16-19,23,26-27,34-40,58,67-68,77-78H,9-10,15,20-22,24-25,56H2,1-3H3,(H2,57,69)(H,59,72)(H,60,73)(H,61,71)(H,62,75)(H,63,76)(H,64,70)(H,65,74)/t27-,34+,35+,36-,37+,38+,39+,40+,50+/m1/s1. The van der Waals surface area contributed by atoms with Crippen molar-refractivity contribution in [2.75, 3.05) is 18.1 Å². The highest BCUT2D eigenvalue weighted by Crippen LogP contribution is 2.44. The number of halogens is 5. The molecule has 3 aromatic carbocycles. The van der Waals surface area contributed by atoms with Crippen LogP contribution < -0.4 is 48.7 Å². The van der Waals surface area contributed by atoms with Gasteiger partial charge in [0.05, 0.1) is 11.4 Å². The van der Waals surface area contributed by atoms with Gasteiger partial charge >= 0.3 is 11.7 Å². The molecule has 1 heterocycles. The number of rotatable bonds is 30. The molecule has 0 unspecified atom stereocenters. The highest BCUT2D eigenvalue weighted by molar-refractivity contribution is 7.80. The molecule has 0 radical (unpaired) electrons. The van der Waals surface area contributed by atoms with Crippen LogP contribution in [-0.4, -0.2) is 140 Å². The Morgan fingerprint density at radius 3 is 1.69 bits per heavy atom. The van der Waals surface area contributed by atoms with Gasteiger partial charge in [0.1, 0.15) is 48.0 Å². The molecule has 8 amide bonds. The van der Waals surface area contributed by atoms with Crippen molar-refractivity contribution in [3.8, 4) is 5.75 Å². The number of aliphatic hydroxyl groups is 1. The Morgan fingerprint density at radius 1 is 0.641 bits per heavy atom. The van der Waals surface area contributed by atoms with Crippen LogP contribution in [0.2, 0.25) is 0 Å². The van der Waals surface area contributed by atoms with E-state index in [1.807, 2.05) is 0 Å². The number of hydrogen-bond acceptors (Lipinski definition) is 14. The number of hydrogen-bond donors (Lipinski definition) is 14. The Bertz CT molecular complexity index is 2710. The normalized spacial score (nSPS) is 15.5. The van der Waals surface area contributed by atoms with Crippen molar-refractivity contribution in [3.63, 3.8) is 0 Å². The molecule has 0 aliphatic carbocycles. The molecule has 1 aromatic heterocycles. The average Bonchev–Trinajstić information content (AvgIpc) is 3.93. The number of aliphatic hydroxyl groups excluding tert-OH is 1. The summed E-state index contributed by atoms with van der Waals surface area (Å²) in [7, 11) is 0. The van der Waals surface area contributed by atoms with E-state index in [1.165, 1.54) is 37.3 Å². The fourth-order valence-corrected chi connectivity index (χ4v) is 8.44. The van der Waals surface area contributed by atoms with Crippen LogP contribution in [0, 0.1) is 5.92 Å². The number of para-hydroxylation sites is 1. The quantitative estimate of drug-likeness (QED) is 0.0115. The number of primary amides is 1. The number of benzene rings is 3. The largest absolute Gasteiger partial charge is 0.508 e. The number of nitrogens with two attached hydrogens (primary N) is 2. The van der Waals surface area contributed by atoms with Crippen LogP contribution in [-0.2, 0) is 57.1 Å². The number of H-pyrrole nitrogens is 1. The number of aromatic amines is 1. The van der Waals surface area contributed by atoms with Gasteiger partial charge in [-0.15, -0.1) is 0 Å². The van der Waals surface area contributed by atoms with E-state index in [2.05, 4.69) is 62.1 Å². The molecule has 4 rings (SSSR count). The summed E-state index contributed by atoms with van der Waals surface area (Å²) in [5, 5.41) is 34.3. The summed E-state index contributed by atoms with van der Waals surface area (Å²) in [6.07, 6.45) is -0.0167. The van der Waals surface area contributed by atoms with Crippen LogP contribution >= 0.6 is 25.3 Å². The van der Waals surface area contributed by atoms with Crippen molar-refractivity contribution >= 4 is 83.4 Å². The number of carbonyl (C=O) groups excluding carboxylic acids is 8. The molecule has 4 aromatic rings. The molecule has 14 N–H and O–H groups in total. The van der Waals surface area contributed by atoms with Gasteiger partial charge < -0.3 is 63.9 Å². The third-order valence-electron chi connectivity index (χ3n) is 12.4. The van der Waals surface area contributed by atoms with Crippen molar-refractivity contribution in [1.82, 2.24) is 47.5 Å². The summed E-state index contributed by atoms with van der Waals surface area (Å²) in [6, 6.07) is 5.27. The minimum absolute atomic E-state index is 0.0686. The van der Waals surface area contributed by atoms with Gasteiger partial charge in [-0.25, -0.2) is 4.39 Å². The lowest BCUT2D eigenvalue weighted by atomic mass is 9.98. The summed E-state index contributed by atoms with van der Waals surface area (Å²) >= 11 is 8.10. The molecule has 0 saturated heterocycles. The Kier molecular flexibility index (Phi) is 23.7. The number of unbranched alkanes of at least 4 members (excludes halogenated alkanes) is 1. The number of carbonyl (C=O) groups is 8. The van der Waals surface area contributed by atoms with Crippen molar-refractivity contribution in [2.45, 2.75) is 113 Å². The van der Waals surface area contributed by atoms with E-state index in [0.717, 1.165) is 12.1 Å². The Hall–Kier alpha value is -7.01. The number of nitrogens with zero attached hydrogens (tertiary/aromatic N) is 1. The number of alkyl halides is 3. The van der Waals surface area contributed by atoms with E-state index in [1.54, 1.807) is 49.6 Å². The van der Waals surface area contributed by atoms with E-state index in [4.69, 9.17) is 11.5 Å². The maximum Gasteiger partial charge on any atom is 0.364 e. The van der Waals surface area contributed by atoms with Crippen molar-refractivity contribution in [1.29, 1.82) is 0 Å². The molecule has 0 fully saturated rings. The smallest absolute Gasteiger partial charge is 0.364 e. The molecule has 21 nitrogen and oxygen atoms in total. The van der Waals surface area contributed by atoms with E-state index in [-0.39, 0.29) is 42.9 Å². The second kappa shape index (κ2) is 29.1. The number of phenols is 1. The average molecular weight is 1140 g/mol. The van der Waals surface area contributed by atoms with Gasteiger partial charge in [0.15, 0.2) is 0 Å². The summed E-state index contributed by atoms with van der Waals surface area (Å²) < 4.78 is 75.1. The van der Waals surface area contributed by atoms with E-state index in [0.29, 0.717) is 35.0 Å². The van der Waals surface area contributed by atoms with Crippen LogP contribution in [0.15, 0.2) is 85.1 Å². The van der Waals surface area contributed by atoms with Crippen LogP contribution in [0.4, 0.5) is 22.1 Å². The first-order valence-corrected chi connectivity index (χ1v) is 25.7. The molecule has 0 spiro atoms. The highest BCUT2D eigenvalue weighted by atomic mass is 32.1. The Morgan fingerprint density at radius 2 is 1.14 bits per heavy atom. The maximum atomic E-state index is 15.9. The molecular formula is C50H64F5N11O10S2. The lowest BCUT2D eigenvalue weighted by Crippen LogP contribution is -2.64. The van der Waals surface area contributed by atoms with Gasteiger partial charge in [0, 0.05) is 47.0 Å². The number of aromatic nitrogens is 1. The molecule has 426 valence electrons. The van der Waals surface area contributed by atoms with Crippen LogP contribution in [0.5, 0.6) is 5.75 Å². The molecule has 0 saturated carbocycles.